The molecule has 1 aromatic carbocycles. The van der Waals surface area contributed by atoms with Gasteiger partial charge in [0.15, 0.2) is 5.58 Å². The number of fused-ring (bicyclic) bond motifs is 1. The second-order valence-corrected chi connectivity index (χ2v) is 3.97. The highest BCUT2D eigenvalue weighted by Crippen LogP contribution is 2.17. The Balaban J connectivity index is 2.12. The number of hydrogen-bond acceptors (Lipinski definition) is 4. The van der Waals surface area contributed by atoms with Gasteiger partial charge in [0.1, 0.15) is 0 Å². The fraction of sp³-hybridized carbons (Fsp3) is 0.417. The van der Waals surface area contributed by atoms with Gasteiger partial charge in [-0.05, 0) is 25.0 Å². The smallest absolute Gasteiger partial charge is 0.408 e. The van der Waals surface area contributed by atoms with Crippen molar-refractivity contribution in [1.82, 2.24) is 4.57 Å². The van der Waals surface area contributed by atoms with Gasteiger partial charge in [0.25, 0.3) is 0 Å². The highest BCUT2D eigenvalue weighted by atomic mass is 16.4. The lowest BCUT2D eigenvalue weighted by Crippen LogP contribution is -2.08. The van der Waals surface area contributed by atoms with Crippen molar-refractivity contribution in [3.8, 4) is 0 Å². The van der Waals surface area contributed by atoms with E-state index in [1.807, 2.05) is 18.2 Å². The number of hydrogen-bond donors (Lipinski definition) is 2. The average Bonchev–Trinajstić information content (AvgIpc) is 2.61. The summed E-state index contributed by atoms with van der Waals surface area (Å²) < 4.78 is 6.57. The number of unbranched alkanes of at least 4 members (excludes halogenated alkanes) is 1. The van der Waals surface area contributed by atoms with Crippen LogP contribution in [0.15, 0.2) is 27.4 Å². The Morgan fingerprint density at radius 3 is 3.00 bits per heavy atom. The lowest BCUT2D eigenvalue weighted by atomic mass is 10.2. The van der Waals surface area contributed by atoms with E-state index in [1.54, 1.807) is 7.05 Å². The molecule has 0 radical (unpaired) electrons. The first-order chi connectivity index (χ1) is 8.22. The molecule has 1 heterocycles. The second kappa shape index (κ2) is 5.05. The van der Waals surface area contributed by atoms with Gasteiger partial charge in [0.05, 0.1) is 5.52 Å². The summed E-state index contributed by atoms with van der Waals surface area (Å²) in [4.78, 5) is 11.3. The Morgan fingerprint density at radius 1 is 1.41 bits per heavy atom. The summed E-state index contributed by atoms with van der Waals surface area (Å²) in [7, 11) is 1.68. The van der Waals surface area contributed by atoms with Crippen LogP contribution in [0.2, 0.25) is 0 Å². The third kappa shape index (κ3) is 2.50. The van der Waals surface area contributed by atoms with Crippen LogP contribution in [0, 0.1) is 0 Å². The largest absolute Gasteiger partial charge is 0.419 e. The molecule has 0 atom stereocenters. The van der Waals surface area contributed by atoms with Crippen LogP contribution in [0.4, 0.5) is 5.69 Å². The molecule has 0 saturated carbocycles. The number of benzene rings is 1. The minimum absolute atomic E-state index is 0.217. The van der Waals surface area contributed by atoms with Gasteiger partial charge in [-0.1, -0.05) is 0 Å². The summed E-state index contributed by atoms with van der Waals surface area (Å²) in [5.41, 5.74) is 2.30. The Hall–Kier alpha value is -1.75. The topological polar surface area (TPSA) is 67.4 Å². The Morgan fingerprint density at radius 2 is 2.24 bits per heavy atom. The summed E-state index contributed by atoms with van der Waals surface area (Å²) in [5, 5.41) is 11.9. The first-order valence-electron chi connectivity index (χ1n) is 5.66. The van der Waals surface area contributed by atoms with E-state index in [9.17, 15) is 4.79 Å². The van der Waals surface area contributed by atoms with Gasteiger partial charge < -0.3 is 14.8 Å². The molecule has 0 unspecified atom stereocenters. The first kappa shape index (κ1) is 11.7. The quantitative estimate of drug-likeness (QED) is 0.768. The number of nitrogens with zero attached hydrogens (tertiary/aromatic N) is 1. The minimum atomic E-state index is -0.350. The van der Waals surface area contributed by atoms with Crippen LogP contribution < -0.4 is 11.1 Å². The number of aliphatic hydroxyl groups excluding tert-OH is 1. The van der Waals surface area contributed by atoms with E-state index < -0.39 is 0 Å². The summed E-state index contributed by atoms with van der Waals surface area (Å²) in [5.74, 6) is -0.350. The van der Waals surface area contributed by atoms with Gasteiger partial charge in [0, 0.05) is 32.0 Å². The molecule has 0 amide bonds. The van der Waals surface area contributed by atoms with Crippen molar-refractivity contribution >= 4 is 16.8 Å². The molecule has 5 heteroatoms. The van der Waals surface area contributed by atoms with Crippen molar-refractivity contribution < 1.29 is 9.52 Å². The molecule has 0 fully saturated rings. The molecule has 0 aliphatic heterocycles. The minimum Gasteiger partial charge on any atom is -0.408 e. The molecular weight excluding hydrogens is 220 g/mol. The predicted molar refractivity (Wildman–Crippen MR) is 66.3 cm³/mol. The van der Waals surface area contributed by atoms with E-state index in [0.717, 1.165) is 30.6 Å². The Bertz CT molecular complexity index is 556. The number of anilines is 1. The van der Waals surface area contributed by atoms with E-state index in [2.05, 4.69) is 5.32 Å². The molecule has 2 rings (SSSR count). The lowest BCUT2D eigenvalue weighted by molar-refractivity contribution is 0.286. The number of rotatable bonds is 5. The summed E-state index contributed by atoms with van der Waals surface area (Å²) in [6.07, 6.45) is 1.70. The van der Waals surface area contributed by atoms with Gasteiger partial charge in [0.2, 0.25) is 0 Å². The van der Waals surface area contributed by atoms with Crippen LogP contribution in [0.5, 0.6) is 0 Å². The predicted octanol–water partition coefficient (Wildman–Crippen LogP) is 1.32. The Kier molecular flexibility index (Phi) is 3.49. The van der Waals surface area contributed by atoms with Gasteiger partial charge in [-0.25, -0.2) is 4.79 Å². The van der Waals surface area contributed by atoms with Crippen molar-refractivity contribution in [1.29, 1.82) is 0 Å². The van der Waals surface area contributed by atoms with Crippen LogP contribution >= 0.6 is 0 Å². The van der Waals surface area contributed by atoms with Crippen LogP contribution in [0.3, 0.4) is 0 Å². The maximum atomic E-state index is 11.3. The Labute approximate surface area is 98.7 Å². The zero-order valence-corrected chi connectivity index (χ0v) is 9.77. The molecule has 17 heavy (non-hydrogen) atoms. The summed E-state index contributed by atoms with van der Waals surface area (Å²) in [6.45, 7) is 1.01. The molecular formula is C12H16N2O3. The fourth-order valence-electron chi connectivity index (χ4n) is 1.71. The van der Waals surface area contributed by atoms with Crippen LogP contribution in [-0.2, 0) is 7.05 Å². The van der Waals surface area contributed by atoms with Gasteiger partial charge in [-0.2, -0.15) is 0 Å². The van der Waals surface area contributed by atoms with E-state index in [1.165, 1.54) is 4.57 Å². The molecule has 1 aromatic heterocycles. The van der Waals surface area contributed by atoms with Crippen LogP contribution in [0.1, 0.15) is 12.8 Å². The normalized spacial score (nSPS) is 10.9. The fourth-order valence-corrected chi connectivity index (χ4v) is 1.71. The van der Waals surface area contributed by atoms with Crippen molar-refractivity contribution in [2.24, 2.45) is 7.05 Å². The zero-order chi connectivity index (χ0) is 12.3. The van der Waals surface area contributed by atoms with Gasteiger partial charge in [-0.15, -0.1) is 0 Å². The van der Waals surface area contributed by atoms with E-state index in [-0.39, 0.29) is 12.4 Å². The van der Waals surface area contributed by atoms with E-state index >= 15 is 0 Å². The second-order valence-electron chi connectivity index (χ2n) is 3.97. The number of aliphatic hydroxyl groups is 1. The van der Waals surface area contributed by atoms with Gasteiger partial charge >= 0.3 is 5.76 Å². The molecule has 5 nitrogen and oxygen atoms in total. The average molecular weight is 236 g/mol. The van der Waals surface area contributed by atoms with E-state index in [0.29, 0.717) is 5.58 Å². The molecule has 2 aromatic rings. The number of aromatic nitrogens is 1. The molecule has 0 aliphatic carbocycles. The lowest BCUT2D eigenvalue weighted by Gasteiger charge is -2.05. The standard InChI is InChI=1S/C12H16N2O3/c1-14-10-5-4-9(13-6-2-3-7-15)8-11(10)17-12(14)16/h4-5,8,13,15H,2-3,6-7H2,1H3. The summed E-state index contributed by atoms with van der Waals surface area (Å²) in [6, 6.07) is 5.58. The molecule has 2 N–H and O–H groups in total. The maximum Gasteiger partial charge on any atom is 0.419 e. The third-order valence-electron chi connectivity index (χ3n) is 2.71. The van der Waals surface area contributed by atoms with E-state index in [4.69, 9.17) is 9.52 Å². The van der Waals surface area contributed by atoms with Crippen molar-refractivity contribution in [3.05, 3.63) is 28.7 Å². The first-order valence-corrected chi connectivity index (χ1v) is 5.66. The molecule has 0 bridgehead atoms. The number of oxazole rings is 1. The highest BCUT2D eigenvalue weighted by molar-refractivity contribution is 5.77. The van der Waals surface area contributed by atoms with Gasteiger partial charge in [-0.3, -0.25) is 4.57 Å². The summed E-state index contributed by atoms with van der Waals surface area (Å²) >= 11 is 0. The molecule has 92 valence electrons. The molecule has 0 saturated heterocycles. The molecule has 0 aliphatic rings. The van der Waals surface area contributed by atoms with Crippen molar-refractivity contribution in [3.63, 3.8) is 0 Å². The SMILES string of the molecule is Cn1c(=O)oc2cc(NCCCCO)ccc21. The molecule has 0 spiro atoms. The van der Waals surface area contributed by atoms with Crippen molar-refractivity contribution in [2.45, 2.75) is 12.8 Å². The maximum absolute atomic E-state index is 11.3. The monoisotopic (exact) mass is 236 g/mol. The highest BCUT2D eigenvalue weighted by Gasteiger charge is 2.05. The number of nitrogens with one attached hydrogen (secondary N) is 1. The number of aryl methyl sites for hydroxylation is 1. The zero-order valence-electron chi connectivity index (χ0n) is 9.77. The van der Waals surface area contributed by atoms with Crippen LogP contribution in [-0.4, -0.2) is 22.8 Å². The third-order valence-corrected chi connectivity index (χ3v) is 2.71. The van der Waals surface area contributed by atoms with Crippen molar-refractivity contribution in [2.75, 3.05) is 18.5 Å². The van der Waals surface area contributed by atoms with Crippen LogP contribution in [0.25, 0.3) is 11.1 Å².